The van der Waals surface area contributed by atoms with Crippen LogP contribution in [-0.2, 0) is 0 Å². The van der Waals surface area contributed by atoms with Crippen molar-refractivity contribution in [1.29, 1.82) is 0 Å². The zero-order chi connectivity index (χ0) is 9.97. The fourth-order valence-corrected chi connectivity index (χ4v) is 1.35. The lowest BCUT2D eigenvalue weighted by Crippen LogP contribution is -1.88. The largest absolute Gasteiger partial charge is 0.359 e. The Kier molecular flexibility index (Phi) is 2.41. The first kappa shape index (κ1) is 9.09. The maximum absolute atomic E-state index is 5.79. The molecular weight excluding hydrogens is 198 g/mol. The quantitative estimate of drug-likeness (QED) is 0.795. The predicted octanol–water partition coefficient (Wildman–Crippen LogP) is 2.77. The summed E-state index contributed by atoms with van der Waals surface area (Å²) >= 11 is 5.79. The van der Waals surface area contributed by atoms with E-state index < -0.39 is 0 Å². The minimum atomic E-state index is 0.738. The van der Waals surface area contributed by atoms with Gasteiger partial charge in [0, 0.05) is 12.1 Å². The number of anilines is 1. The summed E-state index contributed by atoms with van der Waals surface area (Å²) in [5.41, 5.74) is 2.05. The van der Waals surface area contributed by atoms with Gasteiger partial charge in [-0.2, -0.15) is 0 Å². The number of halogens is 1. The van der Waals surface area contributed by atoms with Gasteiger partial charge in [-0.3, -0.25) is 0 Å². The maximum atomic E-state index is 5.79. The second-order valence-electron chi connectivity index (χ2n) is 2.90. The van der Waals surface area contributed by atoms with Crippen molar-refractivity contribution in [1.82, 2.24) is 9.97 Å². The molecule has 0 amide bonds. The van der Waals surface area contributed by atoms with E-state index in [2.05, 4.69) is 15.3 Å². The van der Waals surface area contributed by atoms with Crippen molar-refractivity contribution < 1.29 is 0 Å². The number of nitrogens with zero attached hydrogens (tertiary/aromatic N) is 1. The molecule has 0 aliphatic heterocycles. The van der Waals surface area contributed by atoms with Crippen molar-refractivity contribution in [2.75, 3.05) is 12.4 Å². The number of rotatable bonds is 2. The van der Waals surface area contributed by atoms with Crippen molar-refractivity contribution in [3.05, 3.63) is 35.5 Å². The average Bonchev–Trinajstić information content (AvgIpc) is 2.67. The molecule has 2 N–H and O–H groups in total. The third-order valence-corrected chi connectivity index (χ3v) is 2.22. The van der Waals surface area contributed by atoms with Crippen LogP contribution in [-0.4, -0.2) is 17.0 Å². The van der Waals surface area contributed by atoms with Crippen molar-refractivity contribution >= 4 is 17.5 Å². The molecule has 4 heteroatoms. The molecule has 1 heterocycles. The van der Waals surface area contributed by atoms with Crippen LogP contribution in [0.5, 0.6) is 0 Å². The summed E-state index contributed by atoms with van der Waals surface area (Å²) in [5, 5.41) is 3.67. The van der Waals surface area contributed by atoms with Crippen LogP contribution in [0.15, 0.2) is 30.5 Å². The molecule has 0 saturated heterocycles. The number of aromatic nitrogens is 2. The van der Waals surface area contributed by atoms with Gasteiger partial charge in [0.25, 0.3) is 0 Å². The lowest BCUT2D eigenvalue weighted by Gasteiger charge is -1.97. The molecule has 0 aliphatic rings. The minimum Gasteiger partial charge on any atom is -0.359 e. The van der Waals surface area contributed by atoms with Crippen molar-refractivity contribution in [3.63, 3.8) is 0 Å². The molecule has 72 valence electrons. The van der Waals surface area contributed by atoms with Gasteiger partial charge in [-0.15, -0.1) is 0 Å². The fraction of sp³-hybridized carbons (Fsp3) is 0.100. The number of aromatic amines is 1. The number of hydrogen-bond acceptors (Lipinski definition) is 2. The van der Waals surface area contributed by atoms with E-state index in [1.54, 1.807) is 6.20 Å². The van der Waals surface area contributed by atoms with E-state index in [0.29, 0.717) is 0 Å². The van der Waals surface area contributed by atoms with Crippen LogP contribution in [0.3, 0.4) is 0 Å². The predicted molar refractivity (Wildman–Crippen MR) is 58.6 cm³/mol. The Hall–Kier alpha value is -1.48. The molecule has 0 spiro atoms. The monoisotopic (exact) mass is 207 g/mol. The fourth-order valence-electron chi connectivity index (χ4n) is 1.22. The summed E-state index contributed by atoms with van der Waals surface area (Å²) in [4.78, 5) is 7.27. The van der Waals surface area contributed by atoms with E-state index >= 15 is 0 Å². The third-order valence-electron chi connectivity index (χ3n) is 1.97. The summed E-state index contributed by atoms with van der Waals surface area (Å²) in [6.07, 6.45) is 1.79. The number of hydrogen-bond donors (Lipinski definition) is 2. The maximum Gasteiger partial charge on any atom is 0.200 e. The smallest absolute Gasteiger partial charge is 0.200 e. The normalized spacial score (nSPS) is 10.1. The number of benzene rings is 1. The van der Waals surface area contributed by atoms with Crippen molar-refractivity contribution in [3.8, 4) is 11.3 Å². The lowest BCUT2D eigenvalue weighted by atomic mass is 10.2. The first-order valence-corrected chi connectivity index (χ1v) is 4.66. The SMILES string of the molecule is CNc1ncc(-c2ccc(Cl)cc2)[nH]1. The molecule has 0 fully saturated rings. The molecule has 1 aromatic carbocycles. The van der Waals surface area contributed by atoms with Gasteiger partial charge in [-0.1, -0.05) is 23.7 Å². The summed E-state index contributed by atoms with van der Waals surface area (Å²) in [6.45, 7) is 0. The Morgan fingerprint density at radius 1 is 1.29 bits per heavy atom. The zero-order valence-corrected chi connectivity index (χ0v) is 8.47. The molecule has 1 aromatic heterocycles. The third kappa shape index (κ3) is 1.72. The summed E-state index contributed by atoms with van der Waals surface area (Å²) in [7, 11) is 1.82. The average molecular weight is 208 g/mol. The summed E-state index contributed by atoms with van der Waals surface area (Å²) in [5.74, 6) is 0.759. The first-order valence-electron chi connectivity index (χ1n) is 4.28. The highest BCUT2D eigenvalue weighted by Crippen LogP contribution is 2.20. The van der Waals surface area contributed by atoms with Gasteiger partial charge in [0.2, 0.25) is 0 Å². The van der Waals surface area contributed by atoms with E-state index in [1.807, 2.05) is 31.3 Å². The molecule has 0 atom stereocenters. The first-order chi connectivity index (χ1) is 6.79. The van der Waals surface area contributed by atoms with Gasteiger partial charge < -0.3 is 10.3 Å². The highest BCUT2D eigenvalue weighted by molar-refractivity contribution is 6.30. The molecule has 2 rings (SSSR count). The van der Waals surface area contributed by atoms with E-state index in [9.17, 15) is 0 Å². The molecule has 0 radical (unpaired) electrons. The van der Waals surface area contributed by atoms with Gasteiger partial charge in [0.05, 0.1) is 11.9 Å². The lowest BCUT2D eigenvalue weighted by molar-refractivity contribution is 1.26. The van der Waals surface area contributed by atoms with Crippen LogP contribution in [0, 0.1) is 0 Å². The van der Waals surface area contributed by atoms with Gasteiger partial charge in [0.1, 0.15) is 0 Å². The van der Waals surface area contributed by atoms with Crippen LogP contribution >= 0.6 is 11.6 Å². The van der Waals surface area contributed by atoms with Crippen LogP contribution in [0.4, 0.5) is 5.95 Å². The van der Waals surface area contributed by atoms with Gasteiger partial charge in [-0.25, -0.2) is 4.98 Å². The van der Waals surface area contributed by atoms with E-state index in [1.165, 1.54) is 0 Å². The summed E-state index contributed by atoms with van der Waals surface area (Å²) < 4.78 is 0. The number of nitrogens with one attached hydrogen (secondary N) is 2. The number of imidazole rings is 1. The Bertz CT molecular complexity index is 419. The topological polar surface area (TPSA) is 40.7 Å². The highest BCUT2D eigenvalue weighted by atomic mass is 35.5. The van der Waals surface area contributed by atoms with E-state index in [-0.39, 0.29) is 0 Å². The van der Waals surface area contributed by atoms with Gasteiger partial charge in [0.15, 0.2) is 5.95 Å². The van der Waals surface area contributed by atoms with Crippen molar-refractivity contribution in [2.45, 2.75) is 0 Å². The highest BCUT2D eigenvalue weighted by Gasteiger charge is 2.00. The molecule has 0 unspecified atom stereocenters. The zero-order valence-electron chi connectivity index (χ0n) is 7.71. The Labute approximate surface area is 87.1 Å². The molecule has 0 saturated carbocycles. The van der Waals surface area contributed by atoms with E-state index in [4.69, 9.17) is 11.6 Å². The Morgan fingerprint density at radius 3 is 2.57 bits per heavy atom. The van der Waals surface area contributed by atoms with Gasteiger partial charge >= 0.3 is 0 Å². The second-order valence-corrected chi connectivity index (χ2v) is 3.34. The minimum absolute atomic E-state index is 0.738. The molecular formula is C10H10ClN3. The molecule has 3 nitrogen and oxygen atoms in total. The molecule has 2 aromatic rings. The number of H-pyrrole nitrogens is 1. The Morgan fingerprint density at radius 2 is 2.00 bits per heavy atom. The van der Waals surface area contributed by atoms with Crippen LogP contribution in [0.25, 0.3) is 11.3 Å². The van der Waals surface area contributed by atoms with Crippen LogP contribution in [0.2, 0.25) is 5.02 Å². The summed E-state index contributed by atoms with van der Waals surface area (Å²) in [6, 6.07) is 7.62. The van der Waals surface area contributed by atoms with Gasteiger partial charge in [-0.05, 0) is 17.7 Å². The van der Waals surface area contributed by atoms with E-state index in [0.717, 1.165) is 22.2 Å². The van der Waals surface area contributed by atoms with Crippen LogP contribution < -0.4 is 5.32 Å². The molecule has 14 heavy (non-hydrogen) atoms. The standard InChI is InChI=1S/C10H10ClN3/c1-12-10-13-6-9(14-10)7-2-4-8(11)5-3-7/h2-6H,1H3,(H2,12,13,14). The Balaban J connectivity index is 2.34. The second kappa shape index (κ2) is 3.72. The molecule has 0 aliphatic carbocycles. The van der Waals surface area contributed by atoms with Crippen LogP contribution in [0.1, 0.15) is 0 Å². The van der Waals surface area contributed by atoms with Crippen molar-refractivity contribution in [2.24, 2.45) is 0 Å². The molecule has 0 bridgehead atoms.